The molecule has 68 valence electrons. The molecular formula is C8H12F2N2. The van der Waals surface area contributed by atoms with Crippen LogP contribution in [0.5, 0.6) is 0 Å². The third-order valence-electron chi connectivity index (χ3n) is 2.01. The van der Waals surface area contributed by atoms with Crippen LogP contribution in [0.2, 0.25) is 0 Å². The summed E-state index contributed by atoms with van der Waals surface area (Å²) in [5.41, 5.74) is 0. The summed E-state index contributed by atoms with van der Waals surface area (Å²) in [4.78, 5) is 1.66. The number of hydrogen-bond donors (Lipinski definition) is 0. The van der Waals surface area contributed by atoms with Crippen LogP contribution in [0.4, 0.5) is 8.78 Å². The van der Waals surface area contributed by atoms with E-state index >= 15 is 0 Å². The van der Waals surface area contributed by atoms with E-state index in [9.17, 15) is 8.78 Å². The number of piperidine rings is 1. The van der Waals surface area contributed by atoms with Gasteiger partial charge in [0.2, 0.25) is 0 Å². The Morgan fingerprint density at radius 3 is 2.83 bits per heavy atom. The van der Waals surface area contributed by atoms with E-state index in [0.29, 0.717) is 25.9 Å². The van der Waals surface area contributed by atoms with Gasteiger partial charge < -0.3 is 0 Å². The SMILES string of the molecule is N#CCCN1CCCC(F)(F)C1. The third-order valence-corrected chi connectivity index (χ3v) is 2.01. The summed E-state index contributed by atoms with van der Waals surface area (Å²) in [6, 6.07) is 1.96. The number of likely N-dealkylation sites (tertiary alicyclic amines) is 1. The summed E-state index contributed by atoms with van der Waals surface area (Å²) in [5.74, 6) is -2.53. The van der Waals surface area contributed by atoms with Gasteiger partial charge in [-0.2, -0.15) is 5.26 Å². The van der Waals surface area contributed by atoms with Gasteiger partial charge in [-0.1, -0.05) is 0 Å². The Kier molecular flexibility index (Phi) is 2.99. The predicted molar refractivity (Wildman–Crippen MR) is 40.9 cm³/mol. The zero-order valence-electron chi connectivity index (χ0n) is 6.89. The molecule has 4 heteroatoms. The summed E-state index contributed by atoms with van der Waals surface area (Å²) in [6.07, 6.45) is 0.880. The fraction of sp³-hybridized carbons (Fsp3) is 0.875. The molecule has 0 saturated carbocycles. The summed E-state index contributed by atoms with van der Waals surface area (Å²) < 4.78 is 25.5. The van der Waals surface area contributed by atoms with Crippen molar-refractivity contribution in [3.8, 4) is 6.07 Å². The molecule has 1 saturated heterocycles. The first kappa shape index (κ1) is 9.40. The van der Waals surface area contributed by atoms with Crippen molar-refractivity contribution in [3.05, 3.63) is 0 Å². The highest BCUT2D eigenvalue weighted by atomic mass is 19.3. The van der Waals surface area contributed by atoms with E-state index in [1.165, 1.54) is 0 Å². The molecule has 0 amide bonds. The van der Waals surface area contributed by atoms with Crippen LogP contribution in [0.15, 0.2) is 0 Å². The van der Waals surface area contributed by atoms with Gasteiger partial charge in [0.15, 0.2) is 0 Å². The molecule has 1 fully saturated rings. The summed E-state index contributed by atoms with van der Waals surface area (Å²) in [7, 11) is 0. The van der Waals surface area contributed by atoms with Crippen LogP contribution in [0.25, 0.3) is 0 Å². The Morgan fingerprint density at radius 2 is 2.25 bits per heavy atom. The molecule has 0 N–H and O–H groups in total. The van der Waals surface area contributed by atoms with Gasteiger partial charge in [-0.15, -0.1) is 0 Å². The summed E-state index contributed by atoms with van der Waals surface area (Å²) in [5, 5.41) is 8.26. The lowest BCUT2D eigenvalue weighted by Crippen LogP contribution is -2.42. The average molecular weight is 174 g/mol. The molecule has 1 heterocycles. The molecule has 0 aliphatic carbocycles. The van der Waals surface area contributed by atoms with E-state index in [0.717, 1.165) is 0 Å². The molecule has 0 unspecified atom stereocenters. The highest BCUT2D eigenvalue weighted by molar-refractivity contribution is 4.81. The molecule has 1 rings (SSSR count). The van der Waals surface area contributed by atoms with Crippen LogP contribution in [0.1, 0.15) is 19.3 Å². The Bertz CT molecular complexity index is 186. The first-order valence-corrected chi connectivity index (χ1v) is 4.11. The minimum atomic E-state index is -2.53. The smallest absolute Gasteiger partial charge is 0.260 e. The quantitative estimate of drug-likeness (QED) is 0.636. The van der Waals surface area contributed by atoms with Crippen molar-refractivity contribution in [3.63, 3.8) is 0 Å². The first-order valence-electron chi connectivity index (χ1n) is 4.11. The Labute approximate surface area is 70.8 Å². The number of nitrogens with zero attached hydrogens (tertiary/aromatic N) is 2. The van der Waals surface area contributed by atoms with Gasteiger partial charge in [-0.25, -0.2) is 8.78 Å². The lowest BCUT2D eigenvalue weighted by Gasteiger charge is -2.31. The monoisotopic (exact) mass is 174 g/mol. The summed E-state index contributed by atoms with van der Waals surface area (Å²) >= 11 is 0. The van der Waals surface area contributed by atoms with Gasteiger partial charge in [0, 0.05) is 19.4 Å². The molecule has 0 atom stereocenters. The van der Waals surface area contributed by atoms with Crippen molar-refractivity contribution in [2.75, 3.05) is 19.6 Å². The van der Waals surface area contributed by atoms with E-state index < -0.39 is 5.92 Å². The molecule has 0 spiro atoms. The third kappa shape index (κ3) is 2.74. The lowest BCUT2D eigenvalue weighted by molar-refractivity contribution is -0.0632. The Hall–Kier alpha value is -0.690. The van der Waals surface area contributed by atoms with Crippen molar-refractivity contribution < 1.29 is 8.78 Å². The molecule has 12 heavy (non-hydrogen) atoms. The Balaban J connectivity index is 2.32. The molecule has 0 aromatic heterocycles. The van der Waals surface area contributed by atoms with E-state index in [2.05, 4.69) is 0 Å². The second-order valence-electron chi connectivity index (χ2n) is 3.14. The minimum Gasteiger partial charge on any atom is -0.296 e. The van der Waals surface area contributed by atoms with Gasteiger partial charge in [0.1, 0.15) is 0 Å². The number of rotatable bonds is 2. The van der Waals surface area contributed by atoms with Crippen LogP contribution in [-0.2, 0) is 0 Å². The zero-order valence-corrected chi connectivity index (χ0v) is 6.89. The van der Waals surface area contributed by atoms with Crippen LogP contribution >= 0.6 is 0 Å². The highest BCUT2D eigenvalue weighted by Crippen LogP contribution is 2.26. The topological polar surface area (TPSA) is 27.0 Å². The van der Waals surface area contributed by atoms with Crippen molar-refractivity contribution in [2.45, 2.75) is 25.2 Å². The van der Waals surface area contributed by atoms with E-state index in [4.69, 9.17) is 5.26 Å². The van der Waals surface area contributed by atoms with Crippen molar-refractivity contribution in [2.24, 2.45) is 0 Å². The van der Waals surface area contributed by atoms with E-state index in [1.54, 1.807) is 4.90 Å². The average Bonchev–Trinajstić information content (AvgIpc) is 1.99. The van der Waals surface area contributed by atoms with Crippen molar-refractivity contribution in [1.82, 2.24) is 4.90 Å². The van der Waals surface area contributed by atoms with Gasteiger partial charge in [-0.05, 0) is 13.0 Å². The maximum Gasteiger partial charge on any atom is 0.260 e. The fourth-order valence-corrected chi connectivity index (χ4v) is 1.45. The number of nitriles is 1. The molecule has 0 bridgehead atoms. The van der Waals surface area contributed by atoms with Crippen LogP contribution in [0.3, 0.4) is 0 Å². The molecular weight excluding hydrogens is 162 g/mol. The highest BCUT2D eigenvalue weighted by Gasteiger charge is 2.34. The van der Waals surface area contributed by atoms with Gasteiger partial charge >= 0.3 is 0 Å². The maximum atomic E-state index is 12.8. The van der Waals surface area contributed by atoms with Crippen LogP contribution < -0.4 is 0 Å². The standard InChI is InChI=1S/C8H12F2N2/c9-8(10)3-1-5-12(7-8)6-2-4-11/h1-3,5-7H2. The minimum absolute atomic E-state index is 0.00392. The van der Waals surface area contributed by atoms with Crippen molar-refractivity contribution in [1.29, 1.82) is 5.26 Å². The number of hydrogen-bond acceptors (Lipinski definition) is 2. The van der Waals surface area contributed by atoms with E-state index in [-0.39, 0.29) is 13.0 Å². The van der Waals surface area contributed by atoms with Gasteiger partial charge in [0.05, 0.1) is 12.6 Å². The normalized spacial score (nSPS) is 23.4. The zero-order chi connectivity index (χ0) is 9.03. The first-order chi connectivity index (χ1) is 5.64. The van der Waals surface area contributed by atoms with Crippen LogP contribution in [0, 0.1) is 11.3 Å². The van der Waals surface area contributed by atoms with Crippen LogP contribution in [-0.4, -0.2) is 30.5 Å². The summed E-state index contributed by atoms with van der Waals surface area (Å²) in [6.45, 7) is 1.01. The van der Waals surface area contributed by atoms with Crippen molar-refractivity contribution >= 4 is 0 Å². The molecule has 1 aliphatic rings. The fourth-order valence-electron chi connectivity index (χ4n) is 1.45. The van der Waals surface area contributed by atoms with Gasteiger partial charge in [0.25, 0.3) is 5.92 Å². The molecule has 0 aromatic rings. The molecule has 0 radical (unpaired) electrons. The van der Waals surface area contributed by atoms with Gasteiger partial charge in [-0.3, -0.25) is 4.90 Å². The van der Waals surface area contributed by atoms with E-state index in [1.807, 2.05) is 6.07 Å². The molecule has 1 aliphatic heterocycles. The number of halogens is 2. The lowest BCUT2D eigenvalue weighted by atomic mass is 10.1. The second-order valence-corrected chi connectivity index (χ2v) is 3.14. The Morgan fingerprint density at radius 1 is 1.50 bits per heavy atom. The largest absolute Gasteiger partial charge is 0.296 e. The molecule has 0 aromatic carbocycles. The second kappa shape index (κ2) is 3.81. The molecule has 2 nitrogen and oxygen atoms in total. The maximum absolute atomic E-state index is 12.8. The predicted octanol–water partition coefficient (Wildman–Crippen LogP) is 1.63. The number of alkyl halides is 2.